The average molecular weight is 290 g/mol. The van der Waals surface area contributed by atoms with Gasteiger partial charge in [0.1, 0.15) is 5.82 Å². The summed E-state index contributed by atoms with van der Waals surface area (Å²) in [6.45, 7) is 0. The molecule has 0 aromatic heterocycles. The molecule has 110 valence electrons. The molecule has 1 amide bonds. The van der Waals surface area contributed by atoms with E-state index in [1.54, 1.807) is 0 Å². The van der Waals surface area contributed by atoms with Gasteiger partial charge in [-0.15, -0.1) is 0 Å². The zero-order valence-corrected chi connectivity index (χ0v) is 10.5. The molecule has 0 saturated heterocycles. The normalized spacial score (nSPS) is 22.9. The van der Waals surface area contributed by atoms with Gasteiger partial charge in [-0.05, 0) is 31.4 Å². The van der Waals surface area contributed by atoms with Crippen LogP contribution in [0.5, 0.6) is 0 Å². The van der Waals surface area contributed by atoms with Gasteiger partial charge in [-0.2, -0.15) is 13.2 Å². The van der Waals surface area contributed by atoms with Crippen LogP contribution in [-0.4, -0.2) is 18.0 Å². The molecular formula is C13H14F4N2O. The van der Waals surface area contributed by atoms with Crippen LogP contribution in [0.4, 0.5) is 17.6 Å². The molecule has 1 aromatic rings. The van der Waals surface area contributed by atoms with Crippen molar-refractivity contribution >= 4 is 5.91 Å². The van der Waals surface area contributed by atoms with Gasteiger partial charge in [-0.25, -0.2) is 4.39 Å². The number of carbonyl (C=O) groups is 1. The fourth-order valence-corrected chi connectivity index (χ4v) is 2.34. The van der Waals surface area contributed by atoms with Crippen LogP contribution in [0, 0.1) is 5.82 Å². The Labute approximate surface area is 113 Å². The lowest BCUT2D eigenvalue weighted by molar-refractivity contribution is -0.140. The summed E-state index contributed by atoms with van der Waals surface area (Å²) in [6.07, 6.45) is -2.62. The van der Waals surface area contributed by atoms with Crippen LogP contribution in [0.2, 0.25) is 0 Å². The van der Waals surface area contributed by atoms with Crippen LogP contribution >= 0.6 is 0 Å². The minimum Gasteiger partial charge on any atom is -0.348 e. The summed E-state index contributed by atoms with van der Waals surface area (Å²) in [5, 5.41) is 2.49. The standard InChI is InChI=1S/C13H14F4N2O/c14-11-7(3-1-4-8(11)13(15,16)17)12(20)19-10-6-2-5-9(10)18/h1,3-4,9-10H,2,5-6,18H2,(H,19,20). The first-order chi connectivity index (χ1) is 9.30. The molecule has 2 unspecified atom stereocenters. The summed E-state index contributed by atoms with van der Waals surface area (Å²) in [5.41, 5.74) is 3.70. The van der Waals surface area contributed by atoms with E-state index < -0.39 is 29.0 Å². The van der Waals surface area contributed by atoms with Crippen molar-refractivity contribution in [3.63, 3.8) is 0 Å². The van der Waals surface area contributed by atoms with E-state index in [1.807, 2.05) is 0 Å². The lowest BCUT2D eigenvalue weighted by Gasteiger charge is -2.18. The predicted octanol–water partition coefficient (Wildman–Crippen LogP) is 2.45. The van der Waals surface area contributed by atoms with E-state index in [9.17, 15) is 22.4 Å². The molecule has 1 fully saturated rings. The summed E-state index contributed by atoms with van der Waals surface area (Å²) in [4.78, 5) is 11.9. The van der Waals surface area contributed by atoms with E-state index >= 15 is 0 Å². The van der Waals surface area contributed by atoms with Crippen LogP contribution in [-0.2, 0) is 6.18 Å². The van der Waals surface area contributed by atoms with Gasteiger partial charge in [0, 0.05) is 12.1 Å². The van der Waals surface area contributed by atoms with Gasteiger partial charge in [0.05, 0.1) is 11.1 Å². The van der Waals surface area contributed by atoms with Crippen LogP contribution in [0.1, 0.15) is 35.2 Å². The number of rotatable bonds is 2. The highest BCUT2D eigenvalue weighted by Crippen LogP contribution is 2.32. The van der Waals surface area contributed by atoms with Crippen molar-refractivity contribution in [3.8, 4) is 0 Å². The highest BCUT2D eigenvalue weighted by molar-refractivity contribution is 5.95. The molecule has 7 heteroatoms. The van der Waals surface area contributed by atoms with Gasteiger partial charge < -0.3 is 11.1 Å². The fraction of sp³-hybridized carbons (Fsp3) is 0.462. The summed E-state index contributed by atoms with van der Waals surface area (Å²) in [6, 6.07) is 2.08. The molecule has 20 heavy (non-hydrogen) atoms. The Bertz CT molecular complexity index is 516. The van der Waals surface area contributed by atoms with Gasteiger partial charge in [0.25, 0.3) is 5.91 Å². The molecule has 0 bridgehead atoms. The van der Waals surface area contributed by atoms with E-state index in [-0.39, 0.29) is 12.1 Å². The molecule has 2 rings (SSSR count). The zero-order chi connectivity index (χ0) is 14.9. The SMILES string of the molecule is NC1CCCC1NC(=O)c1cccc(C(F)(F)F)c1F. The van der Waals surface area contributed by atoms with Gasteiger partial charge >= 0.3 is 6.18 Å². The molecule has 0 aliphatic heterocycles. The molecule has 1 saturated carbocycles. The lowest BCUT2D eigenvalue weighted by atomic mass is 10.1. The first-order valence-corrected chi connectivity index (χ1v) is 6.23. The molecule has 2 atom stereocenters. The van der Waals surface area contributed by atoms with E-state index in [0.717, 1.165) is 25.0 Å². The molecule has 0 heterocycles. The number of hydrogen-bond acceptors (Lipinski definition) is 2. The Morgan fingerprint density at radius 3 is 2.55 bits per heavy atom. The number of nitrogens with two attached hydrogens (primary N) is 1. The Morgan fingerprint density at radius 2 is 2.00 bits per heavy atom. The maximum absolute atomic E-state index is 13.8. The van der Waals surface area contributed by atoms with Gasteiger partial charge in [0.2, 0.25) is 0 Å². The first-order valence-electron chi connectivity index (χ1n) is 6.23. The van der Waals surface area contributed by atoms with Crippen molar-refractivity contribution in [3.05, 3.63) is 35.1 Å². The van der Waals surface area contributed by atoms with Crippen LogP contribution in [0.3, 0.4) is 0 Å². The minimum atomic E-state index is -4.83. The molecular weight excluding hydrogens is 276 g/mol. The zero-order valence-electron chi connectivity index (χ0n) is 10.5. The minimum absolute atomic E-state index is 0.243. The van der Waals surface area contributed by atoms with Gasteiger partial charge in [-0.3, -0.25) is 4.79 Å². The van der Waals surface area contributed by atoms with E-state index in [1.165, 1.54) is 0 Å². The largest absolute Gasteiger partial charge is 0.419 e. The molecule has 0 radical (unpaired) electrons. The molecule has 1 aliphatic rings. The molecule has 1 aliphatic carbocycles. The second-order valence-corrected chi connectivity index (χ2v) is 4.84. The maximum atomic E-state index is 13.8. The van der Waals surface area contributed by atoms with Crippen molar-refractivity contribution in [1.82, 2.24) is 5.32 Å². The summed E-state index contributed by atoms with van der Waals surface area (Å²) < 4.78 is 51.5. The summed E-state index contributed by atoms with van der Waals surface area (Å²) in [7, 11) is 0. The van der Waals surface area contributed by atoms with E-state index in [2.05, 4.69) is 5.32 Å². The Kier molecular flexibility index (Phi) is 3.99. The quantitative estimate of drug-likeness (QED) is 0.822. The number of alkyl halides is 3. The number of benzene rings is 1. The predicted molar refractivity (Wildman–Crippen MR) is 64.5 cm³/mol. The van der Waals surface area contributed by atoms with Crippen LogP contribution in [0.25, 0.3) is 0 Å². The van der Waals surface area contributed by atoms with Gasteiger partial charge in [-0.1, -0.05) is 6.07 Å². The number of carbonyl (C=O) groups excluding carboxylic acids is 1. The second-order valence-electron chi connectivity index (χ2n) is 4.84. The van der Waals surface area contributed by atoms with Gasteiger partial charge in [0.15, 0.2) is 0 Å². The highest BCUT2D eigenvalue weighted by Gasteiger charge is 2.36. The third kappa shape index (κ3) is 2.92. The summed E-state index contributed by atoms with van der Waals surface area (Å²) >= 11 is 0. The lowest BCUT2D eigenvalue weighted by Crippen LogP contribution is -2.44. The monoisotopic (exact) mass is 290 g/mol. The third-order valence-electron chi connectivity index (χ3n) is 3.43. The molecule has 3 N–H and O–H groups in total. The Hall–Kier alpha value is -1.63. The number of amides is 1. The van der Waals surface area contributed by atoms with Crippen molar-refractivity contribution in [1.29, 1.82) is 0 Å². The molecule has 0 spiro atoms. The van der Waals surface area contributed by atoms with E-state index in [4.69, 9.17) is 5.73 Å². The average Bonchev–Trinajstić information content (AvgIpc) is 2.73. The fourth-order valence-electron chi connectivity index (χ4n) is 2.34. The third-order valence-corrected chi connectivity index (χ3v) is 3.43. The van der Waals surface area contributed by atoms with Crippen molar-refractivity contribution in [2.24, 2.45) is 5.73 Å². The molecule has 3 nitrogen and oxygen atoms in total. The van der Waals surface area contributed by atoms with Crippen molar-refractivity contribution < 1.29 is 22.4 Å². The second kappa shape index (κ2) is 5.40. The topological polar surface area (TPSA) is 55.1 Å². The van der Waals surface area contributed by atoms with Crippen molar-refractivity contribution in [2.75, 3.05) is 0 Å². The Balaban J connectivity index is 2.22. The Morgan fingerprint density at radius 1 is 1.30 bits per heavy atom. The van der Waals surface area contributed by atoms with Crippen molar-refractivity contribution in [2.45, 2.75) is 37.5 Å². The number of hydrogen-bond donors (Lipinski definition) is 2. The number of halogens is 4. The van der Waals surface area contributed by atoms with E-state index in [0.29, 0.717) is 12.5 Å². The van der Waals surface area contributed by atoms with Crippen LogP contribution in [0.15, 0.2) is 18.2 Å². The molecule has 1 aromatic carbocycles. The maximum Gasteiger partial charge on any atom is 0.419 e. The first kappa shape index (κ1) is 14.8. The summed E-state index contributed by atoms with van der Waals surface area (Å²) in [5.74, 6) is -2.42. The smallest absolute Gasteiger partial charge is 0.348 e. The van der Waals surface area contributed by atoms with Crippen LogP contribution < -0.4 is 11.1 Å². The highest BCUT2D eigenvalue weighted by atomic mass is 19.4. The number of nitrogens with one attached hydrogen (secondary N) is 1.